The van der Waals surface area contributed by atoms with E-state index in [1.165, 1.54) is 16.2 Å². The fourth-order valence-corrected chi connectivity index (χ4v) is 7.04. The van der Waals surface area contributed by atoms with Gasteiger partial charge in [-0.05, 0) is 44.2 Å². The number of fused-ring (bicyclic) bond motifs is 6. The molecule has 1 aliphatic carbocycles. The smallest absolute Gasteiger partial charge is 0.341 e. The molecule has 3 fully saturated rings. The Morgan fingerprint density at radius 1 is 1.23 bits per heavy atom. The van der Waals surface area contributed by atoms with Crippen LogP contribution in [0.2, 0.25) is 0 Å². The number of rotatable bonds is 4. The predicted octanol–water partition coefficient (Wildman–Crippen LogP) is 1.99. The first-order valence-corrected chi connectivity index (χ1v) is 11.7. The molecular weight excluding hydrogens is 422 g/mol. The first-order valence-electron chi connectivity index (χ1n) is 10.9. The molecule has 1 aromatic rings. The number of carbonyl (C=O) groups excluding carboxylic acids is 3. The zero-order chi connectivity index (χ0) is 21.3. The lowest BCUT2D eigenvalue weighted by atomic mass is 9.76. The molecule has 0 aromatic carbocycles. The highest BCUT2D eigenvalue weighted by atomic mass is 32.1. The van der Waals surface area contributed by atoms with Crippen molar-refractivity contribution in [3.63, 3.8) is 0 Å². The first-order chi connectivity index (χ1) is 15.1. The third-order valence-corrected chi connectivity index (χ3v) is 8.18. The molecule has 8 nitrogen and oxygen atoms in total. The molecule has 4 aliphatic heterocycles. The normalized spacial score (nSPS) is 34.0. The molecule has 4 atom stereocenters. The number of ether oxygens (including phenoxy) is 4. The number of anilines is 1. The van der Waals surface area contributed by atoms with Crippen LogP contribution in [0.5, 0.6) is 0 Å². The highest BCUT2D eigenvalue weighted by molar-refractivity contribution is 7.17. The minimum atomic E-state index is -1.10. The fourth-order valence-electron chi connectivity index (χ4n) is 5.65. The van der Waals surface area contributed by atoms with Gasteiger partial charge in [0.1, 0.15) is 5.00 Å². The van der Waals surface area contributed by atoms with Crippen LogP contribution in [0.25, 0.3) is 0 Å². The second-order valence-corrected chi connectivity index (χ2v) is 9.58. The van der Waals surface area contributed by atoms with Crippen LogP contribution < -0.4 is 4.90 Å². The average molecular weight is 445 g/mol. The first kappa shape index (κ1) is 19.6. The van der Waals surface area contributed by atoms with Gasteiger partial charge in [-0.2, -0.15) is 0 Å². The van der Waals surface area contributed by atoms with Crippen molar-refractivity contribution < 1.29 is 33.3 Å². The van der Waals surface area contributed by atoms with E-state index in [2.05, 4.69) is 0 Å². The summed E-state index contributed by atoms with van der Waals surface area (Å²) >= 11 is 1.37. The van der Waals surface area contributed by atoms with Gasteiger partial charge in [0, 0.05) is 4.88 Å². The maximum absolute atomic E-state index is 13.7. The zero-order valence-electron chi connectivity index (χ0n) is 17.1. The summed E-state index contributed by atoms with van der Waals surface area (Å²) < 4.78 is 22.8. The van der Waals surface area contributed by atoms with E-state index in [1.54, 1.807) is 6.92 Å². The number of imide groups is 1. The van der Waals surface area contributed by atoms with Gasteiger partial charge < -0.3 is 18.9 Å². The van der Waals surface area contributed by atoms with Crippen molar-refractivity contribution >= 4 is 34.1 Å². The molecule has 164 valence electrons. The summed E-state index contributed by atoms with van der Waals surface area (Å²) in [6.45, 7) is 2.82. The number of esters is 1. The number of hydrogen-bond donors (Lipinski definition) is 0. The number of amides is 2. The molecule has 31 heavy (non-hydrogen) atoms. The Kier molecular flexibility index (Phi) is 4.40. The van der Waals surface area contributed by atoms with Crippen LogP contribution in [0.4, 0.5) is 5.00 Å². The molecule has 5 aliphatic rings. The number of nitrogens with zero attached hydrogens (tertiary/aromatic N) is 1. The minimum absolute atomic E-state index is 0.231. The second-order valence-electron chi connectivity index (χ2n) is 8.50. The number of aryl methyl sites for hydroxylation is 1. The molecule has 1 aromatic heterocycles. The summed E-state index contributed by atoms with van der Waals surface area (Å²) in [6.07, 6.45) is 6.02. The van der Waals surface area contributed by atoms with Crippen LogP contribution in [0.3, 0.4) is 0 Å². The van der Waals surface area contributed by atoms with Crippen LogP contribution in [-0.4, -0.2) is 55.6 Å². The quantitative estimate of drug-likeness (QED) is 0.398. The van der Waals surface area contributed by atoms with Gasteiger partial charge in [0.25, 0.3) is 0 Å². The highest BCUT2D eigenvalue weighted by Crippen LogP contribution is 2.56. The van der Waals surface area contributed by atoms with Gasteiger partial charge in [0.15, 0.2) is 11.9 Å². The number of carbonyl (C=O) groups is 3. The topological polar surface area (TPSA) is 91.4 Å². The lowest BCUT2D eigenvalue weighted by molar-refractivity contribution is -0.180. The molecule has 3 saturated heterocycles. The highest BCUT2D eigenvalue weighted by Gasteiger charge is 2.71. The maximum Gasteiger partial charge on any atom is 0.341 e. The van der Waals surface area contributed by atoms with Gasteiger partial charge in [-0.3, -0.25) is 9.59 Å². The summed E-state index contributed by atoms with van der Waals surface area (Å²) in [5, 5.41) is 0.401. The molecule has 2 amide bonds. The third kappa shape index (κ3) is 2.54. The van der Waals surface area contributed by atoms with E-state index in [0.29, 0.717) is 23.8 Å². The Hall–Kier alpha value is -2.07. The van der Waals surface area contributed by atoms with Gasteiger partial charge in [0.05, 0.1) is 43.3 Å². The molecular formula is C22H23NO7S. The zero-order valence-corrected chi connectivity index (χ0v) is 17.9. The molecule has 5 heterocycles. The van der Waals surface area contributed by atoms with Gasteiger partial charge >= 0.3 is 5.97 Å². The lowest BCUT2D eigenvalue weighted by Crippen LogP contribution is -2.49. The summed E-state index contributed by atoms with van der Waals surface area (Å²) in [7, 11) is 0. The Morgan fingerprint density at radius 2 is 2.00 bits per heavy atom. The van der Waals surface area contributed by atoms with E-state index in [0.717, 1.165) is 36.1 Å². The van der Waals surface area contributed by atoms with Crippen molar-refractivity contribution in [2.75, 3.05) is 24.7 Å². The van der Waals surface area contributed by atoms with E-state index in [1.807, 2.05) is 12.2 Å². The van der Waals surface area contributed by atoms with Gasteiger partial charge in [0.2, 0.25) is 11.8 Å². The van der Waals surface area contributed by atoms with Gasteiger partial charge in [-0.25, -0.2) is 9.69 Å². The van der Waals surface area contributed by atoms with Crippen molar-refractivity contribution in [3.8, 4) is 0 Å². The Labute approximate surface area is 183 Å². The summed E-state index contributed by atoms with van der Waals surface area (Å²) in [5.74, 6) is -2.52. The minimum Gasteiger partial charge on any atom is -0.462 e. The predicted molar refractivity (Wildman–Crippen MR) is 109 cm³/mol. The Bertz CT molecular complexity index is 1010. The maximum atomic E-state index is 13.7. The molecule has 0 radical (unpaired) electrons. The summed E-state index contributed by atoms with van der Waals surface area (Å²) in [5.41, 5.74) is 0.206. The molecule has 0 N–H and O–H groups in total. The summed E-state index contributed by atoms with van der Waals surface area (Å²) in [6, 6.07) is 0. The van der Waals surface area contributed by atoms with Crippen molar-refractivity contribution in [3.05, 3.63) is 28.2 Å². The van der Waals surface area contributed by atoms with Crippen LogP contribution in [-0.2, 0) is 41.4 Å². The van der Waals surface area contributed by atoms with E-state index in [9.17, 15) is 14.4 Å². The van der Waals surface area contributed by atoms with E-state index in [4.69, 9.17) is 18.9 Å². The molecule has 0 saturated carbocycles. The monoisotopic (exact) mass is 445 g/mol. The molecule has 9 heteroatoms. The van der Waals surface area contributed by atoms with Crippen molar-refractivity contribution in [1.29, 1.82) is 0 Å². The molecule has 0 unspecified atom stereocenters. The largest absolute Gasteiger partial charge is 0.462 e. The Balaban J connectivity index is 1.44. The second kappa shape index (κ2) is 6.96. The van der Waals surface area contributed by atoms with Crippen LogP contribution in [0, 0.1) is 11.8 Å². The standard InChI is InChI=1S/C22H23NO7S/c1-2-27-20(26)14-11-5-3-4-6-13(11)31-19(14)23-17(24)15-12-7-8-22(30-12,16(15)18(23)25)21-28-9-10-29-21/h7-8,12,15-16,21H,2-6,9-10H2,1H3/t12-,15-,16+,22-/m1/s1. The van der Waals surface area contributed by atoms with E-state index in [-0.39, 0.29) is 18.4 Å². The third-order valence-electron chi connectivity index (χ3n) is 6.90. The van der Waals surface area contributed by atoms with Gasteiger partial charge in [-0.15, -0.1) is 11.3 Å². The lowest BCUT2D eigenvalue weighted by Gasteiger charge is -2.32. The molecule has 2 bridgehead atoms. The fraction of sp³-hybridized carbons (Fsp3) is 0.591. The number of hydrogen-bond acceptors (Lipinski definition) is 8. The van der Waals surface area contributed by atoms with Gasteiger partial charge in [-0.1, -0.05) is 6.08 Å². The SMILES string of the molecule is CCOC(=O)c1c(N2C(=O)[C@H]3[C@@H](C2=O)[C@@]2(C4OCCO4)C=C[C@H]3O2)sc2c1CCCC2. The van der Waals surface area contributed by atoms with Crippen molar-refractivity contribution in [1.82, 2.24) is 0 Å². The Morgan fingerprint density at radius 3 is 2.77 bits per heavy atom. The van der Waals surface area contributed by atoms with Crippen LogP contribution in [0.1, 0.15) is 40.6 Å². The van der Waals surface area contributed by atoms with E-state index >= 15 is 0 Å². The number of thiophene rings is 1. The van der Waals surface area contributed by atoms with Crippen molar-refractivity contribution in [2.45, 2.75) is 50.6 Å². The van der Waals surface area contributed by atoms with Crippen LogP contribution in [0.15, 0.2) is 12.2 Å². The van der Waals surface area contributed by atoms with E-state index < -0.39 is 35.8 Å². The van der Waals surface area contributed by atoms with Crippen LogP contribution >= 0.6 is 11.3 Å². The average Bonchev–Trinajstić information content (AvgIpc) is 3.56. The summed E-state index contributed by atoms with van der Waals surface area (Å²) in [4.78, 5) is 42.5. The molecule has 6 rings (SSSR count). The van der Waals surface area contributed by atoms with Crippen molar-refractivity contribution in [2.24, 2.45) is 11.8 Å². The molecule has 0 spiro atoms.